The lowest BCUT2D eigenvalue weighted by Gasteiger charge is -2.22. The van der Waals surface area contributed by atoms with Crippen molar-refractivity contribution in [3.05, 3.63) is 33.8 Å². The van der Waals surface area contributed by atoms with E-state index in [0.29, 0.717) is 10.0 Å². The van der Waals surface area contributed by atoms with Crippen LogP contribution in [-0.2, 0) is 4.79 Å². The highest BCUT2D eigenvalue weighted by Gasteiger charge is 2.24. The average molecular weight is 275 g/mol. The first-order valence-electron chi connectivity index (χ1n) is 5.26. The molecule has 1 unspecified atom stereocenters. The minimum absolute atomic E-state index is 0.213. The number of hydrogen-bond donors (Lipinski definition) is 2. The number of nitrogens with two attached hydrogens (primary N) is 1. The molecule has 0 spiro atoms. The Morgan fingerprint density at radius 1 is 1.41 bits per heavy atom. The normalized spacial score (nSPS) is 13.3. The minimum atomic E-state index is -0.910. The molecule has 1 rings (SSSR count). The molecule has 0 saturated heterocycles. The molecule has 5 heteroatoms. The molecule has 0 aliphatic rings. The van der Waals surface area contributed by atoms with Gasteiger partial charge in [0.2, 0.25) is 5.91 Å². The SMILES string of the molecule is CC(NC(=O)C(C)(C)N)c1ccc(Cl)cc1Cl. The van der Waals surface area contributed by atoms with Gasteiger partial charge in [0, 0.05) is 10.0 Å². The van der Waals surface area contributed by atoms with Gasteiger partial charge in [-0.2, -0.15) is 0 Å². The molecule has 1 aromatic rings. The Bertz CT molecular complexity index is 427. The highest BCUT2D eigenvalue weighted by Crippen LogP contribution is 2.26. The summed E-state index contributed by atoms with van der Waals surface area (Å²) in [5.41, 5.74) is 5.61. The Hall–Kier alpha value is -0.770. The largest absolute Gasteiger partial charge is 0.348 e. The molecule has 0 bridgehead atoms. The summed E-state index contributed by atoms with van der Waals surface area (Å²) < 4.78 is 0. The Morgan fingerprint density at radius 2 is 2.00 bits per heavy atom. The average Bonchev–Trinajstić information content (AvgIpc) is 2.15. The summed E-state index contributed by atoms with van der Waals surface area (Å²) in [5, 5.41) is 3.90. The number of benzene rings is 1. The maximum atomic E-state index is 11.7. The first-order chi connectivity index (χ1) is 7.71. The third-order valence-corrected chi connectivity index (χ3v) is 2.92. The minimum Gasteiger partial charge on any atom is -0.348 e. The predicted octanol–water partition coefficient (Wildman–Crippen LogP) is 2.91. The number of halogens is 2. The predicted molar refractivity (Wildman–Crippen MR) is 71.3 cm³/mol. The van der Waals surface area contributed by atoms with Crippen molar-refractivity contribution in [3.63, 3.8) is 0 Å². The number of carbonyl (C=O) groups is 1. The van der Waals surface area contributed by atoms with E-state index in [1.807, 2.05) is 6.92 Å². The number of nitrogens with one attached hydrogen (secondary N) is 1. The van der Waals surface area contributed by atoms with Gasteiger partial charge in [-0.25, -0.2) is 0 Å². The molecule has 0 aliphatic heterocycles. The standard InChI is InChI=1S/C12H16Cl2N2O/c1-7(16-11(17)12(2,3)15)9-5-4-8(13)6-10(9)14/h4-7H,15H2,1-3H3,(H,16,17). The van der Waals surface area contributed by atoms with Crippen LogP contribution in [0.3, 0.4) is 0 Å². The summed E-state index contributed by atoms with van der Waals surface area (Å²) in [6, 6.07) is 4.96. The van der Waals surface area contributed by atoms with Gasteiger partial charge in [-0.1, -0.05) is 29.3 Å². The van der Waals surface area contributed by atoms with E-state index < -0.39 is 5.54 Å². The second-order valence-electron chi connectivity index (χ2n) is 4.58. The van der Waals surface area contributed by atoms with Gasteiger partial charge < -0.3 is 11.1 Å². The molecule has 0 aromatic heterocycles. The van der Waals surface area contributed by atoms with Gasteiger partial charge >= 0.3 is 0 Å². The molecule has 3 nitrogen and oxygen atoms in total. The lowest BCUT2D eigenvalue weighted by molar-refractivity contribution is -0.125. The molecule has 3 N–H and O–H groups in total. The van der Waals surface area contributed by atoms with Crippen LogP contribution in [0.4, 0.5) is 0 Å². The lowest BCUT2D eigenvalue weighted by atomic mass is 10.0. The summed E-state index contributed by atoms with van der Waals surface area (Å²) in [5.74, 6) is -0.226. The van der Waals surface area contributed by atoms with Crippen LogP contribution in [0.5, 0.6) is 0 Å². The molecule has 0 fully saturated rings. The molecule has 1 atom stereocenters. The van der Waals surface area contributed by atoms with Gasteiger partial charge in [0.15, 0.2) is 0 Å². The zero-order valence-electron chi connectivity index (χ0n) is 10.1. The smallest absolute Gasteiger partial charge is 0.239 e. The second kappa shape index (κ2) is 5.25. The second-order valence-corrected chi connectivity index (χ2v) is 5.43. The summed E-state index contributed by atoms with van der Waals surface area (Å²) >= 11 is 11.9. The van der Waals surface area contributed by atoms with Crippen LogP contribution in [0.25, 0.3) is 0 Å². The Morgan fingerprint density at radius 3 is 2.47 bits per heavy atom. The van der Waals surface area contributed by atoms with Crippen molar-refractivity contribution in [2.75, 3.05) is 0 Å². The van der Waals surface area contributed by atoms with Crippen LogP contribution in [0, 0.1) is 0 Å². The molecule has 0 saturated carbocycles. The Balaban J connectivity index is 2.84. The summed E-state index contributed by atoms with van der Waals surface area (Å²) in [6.45, 7) is 5.15. The summed E-state index contributed by atoms with van der Waals surface area (Å²) in [7, 11) is 0. The first-order valence-corrected chi connectivity index (χ1v) is 6.02. The molecular weight excluding hydrogens is 259 g/mol. The third kappa shape index (κ3) is 3.87. The molecule has 1 aromatic carbocycles. The van der Waals surface area contributed by atoms with Gasteiger partial charge in [-0.3, -0.25) is 4.79 Å². The van der Waals surface area contributed by atoms with E-state index in [4.69, 9.17) is 28.9 Å². The van der Waals surface area contributed by atoms with E-state index >= 15 is 0 Å². The Labute approximate surface area is 111 Å². The van der Waals surface area contributed by atoms with Crippen LogP contribution >= 0.6 is 23.2 Å². The molecular formula is C12H16Cl2N2O. The van der Waals surface area contributed by atoms with E-state index in [0.717, 1.165) is 5.56 Å². The van der Waals surface area contributed by atoms with E-state index in [1.165, 1.54) is 0 Å². The molecule has 17 heavy (non-hydrogen) atoms. The van der Waals surface area contributed by atoms with Crippen molar-refractivity contribution >= 4 is 29.1 Å². The van der Waals surface area contributed by atoms with E-state index in [-0.39, 0.29) is 11.9 Å². The fourth-order valence-corrected chi connectivity index (χ4v) is 1.89. The third-order valence-electron chi connectivity index (χ3n) is 2.36. The quantitative estimate of drug-likeness (QED) is 0.891. The zero-order chi connectivity index (χ0) is 13.2. The first kappa shape index (κ1) is 14.3. The topological polar surface area (TPSA) is 55.1 Å². The fourth-order valence-electron chi connectivity index (χ4n) is 1.31. The van der Waals surface area contributed by atoms with Crippen LogP contribution in [0.15, 0.2) is 18.2 Å². The van der Waals surface area contributed by atoms with Crippen LogP contribution in [-0.4, -0.2) is 11.4 Å². The highest BCUT2D eigenvalue weighted by atomic mass is 35.5. The van der Waals surface area contributed by atoms with Crippen molar-refractivity contribution in [2.24, 2.45) is 5.73 Å². The van der Waals surface area contributed by atoms with Crippen LogP contribution in [0.1, 0.15) is 32.4 Å². The Kier molecular flexibility index (Phi) is 4.42. The van der Waals surface area contributed by atoms with E-state index in [2.05, 4.69) is 5.32 Å². The van der Waals surface area contributed by atoms with Crippen molar-refractivity contribution in [1.29, 1.82) is 0 Å². The molecule has 0 aliphatic carbocycles. The maximum Gasteiger partial charge on any atom is 0.239 e. The van der Waals surface area contributed by atoms with Gasteiger partial charge in [0.1, 0.15) is 0 Å². The van der Waals surface area contributed by atoms with Crippen LogP contribution in [0.2, 0.25) is 10.0 Å². The van der Waals surface area contributed by atoms with Gasteiger partial charge in [0.25, 0.3) is 0 Å². The molecule has 1 amide bonds. The maximum absolute atomic E-state index is 11.7. The number of rotatable bonds is 3. The monoisotopic (exact) mass is 274 g/mol. The van der Waals surface area contributed by atoms with Gasteiger partial charge in [-0.05, 0) is 38.5 Å². The summed E-state index contributed by atoms with van der Waals surface area (Å²) in [6.07, 6.45) is 0. The zero-order valence-corrected chi connectivity index (χ0v) is 11.6. The van der Waals surface area contributed by atoms with Gasteiger partial charge in [-0.15, -0.1) is 0 Å². The molecule has 94 valence electrons. The number of hydrogen-bond acceptors (Lipinski definition) is 2. The molecule has 0 heterocycles. The number of amides is 1. The van der Waals surface area contributed by atoms with Crippen molar-refractivity contribution in [1.82, 2.24) is 5.32 Å². The van der Waals surface area contributed by atoms with Crippen molar-refractivity contribution in [3.8, 4) is 0 Å². The van der Waals surface area contributed by atoms with Gasteiger partial charge in [0.05, 0.1) is 11.6 Å². The van der Waals surface area contributed by atoms with Crippen LogP contribution < -0.4 is 11.1 Å². The number of carbonyl (C=O) groups excluding carboxylic acids is 1. The van der Waals surface area contributed by atoms with Crippen molar-refractivity contribution < 1.29 is 4.79 Å². The molecule has 0 radical (unpaired) electrons. The highest BCUT2D eigenvalue weighted by molar-refractivity contribution is 6.35. The van der Waals surface area contributed by atoms with Crippen molar-refractivity contribution in [2.45, 2.75) is 32.4 Å². The lowest BCUT2D eigenvalue weighted by Crippen LogP contribution is -2.49. The van der Waals surface area contributed by atoms with E-state index in [9.17, 15) is 4.79 Å². The summed E-state index contributed by atoms with van der Waals surface area (Å²) in [4.78, 5) is 11.7. The fraction of sp³-hybridized carbons (Fsp3) is 0.417. The van der Waals surface area contributed by atoms with E-state index in [1.54, 1.807) is 32.0 Å².